The molecule has 8 heteroatoms. The van der Waals surface area contributed by atoms with Gasteiger partial charge in [0, 0.05) is 11.1 Å². The molecule has 0 heterocycles. The van der Waals surface area contributed by atoms with Crippen LogP contribution in [0.5, 0.6) is 0 Å². The number of nitrogens with one attached hydrogen (secondary N) is 1. The van der Waals surface area contributed by atoms with E-state index in [1.165, 1.54) is 12.1 Å². The van der Waals surface area contributed by atoms with Crippen LogP contribution >= 0.6 is 15.9 Å². The van der Waals surface area contributed by atoms with Crippen molar-refractivity contribution in [2.45, 2.75) is 24.3 Å². The van der Waals surface area contributed by atoms with Crippen molar-refractivity contribution in [2.24, 2.45) is 0 Å². The molecule has 0 saturated carbocycles. The van der Waals surface area contributed by atoms with E-state index in [9.17, 15) is 13.2 Å². The topological polar surface area (TPSA) is 104 Å². The van der Waals surface area contributed by atoms with Crippen LogP contribution in [0.4, 0.5) is 0 Å². The molecule has 0 aliphatic rings. The van der Waals surface area contributed by atoms with Gasteiger partial charge in [-0.15, -0.1) is 0 Å². The van der Waals surface area contributed by atoms with Crippen LogP contribution in [0, 0.1) is 6.92 Å². The Hall–Kier alpha value is -0.960. The number of sulfonamides is 1. The molecule has 0 amide bonds. The van der Waals surface area contributed by atoms with Crippen LogP contribution in [0.15, 0.2) is 27.6 Å². The molecule has 0 fully saturated rings. The number of carboxylic acids is 1. The summed E-state index contributed by atoms with van der Waals surface area (Å²) < 4.78 is 26.8. The van der Waals surface area contributed by atoms with E-state index in [2.05, 4.69) is 20.7 Å². The Balaban J connectivity index is 3.03. The van der Waals surface area contributed by atoms with Gasteiger partial charge < -0.3 is 10.2 Å². The summed E-state index contributed by atoms with van der Waals surface area (Å²) in [5, 5.41) is 17.6. The zero-order valence-corrected chi connectivity index (χ0v) is 12.5. The van der Waals surface area contributed by atoms with Crippen LogP contribution in [0.1, 0.15) is 12.0 Å². The van der Waals surface area contributed by atoms with E-state index in [1.54, 1.807) is 13.0 Å². The zero-order chi connectivity index (χ0) is 14.6. The largest absolute Gasteiger partial charge is 0.480 e. The number of hydrogen-bond donors (Lipinski definition) is 3. The Labute approximate surface area is 119 Å². The first-order chi connectivity index (χ1) is 8.77. The molecule has 1 aromatic rings. The van der Waals surface area contributed by atoms with Crippen molar-refractivity contribution >= 4 is 31.9 Å². The first-order valence-corrected chi connectivity index (χ1v) is 7.67. The number of aliphatic carboxylic acids is 1. The van der Waals surface area contributed by atoms with E-state index >= 15 is 0 Å². The molecule has 0 bridgehead atoms. The van der Waals surface area contributed by atoms with Crippen molar-refractivity contribution in [3.63, 3.8) is 0 Å². The maximum atomic E-state index is 12.0. The van der Waals surface area contributed by atoms with Gasteiger partial charge in [-0.3, -0.25) is 4.79 Å². The molecule has 0 unspecified atom stereocenters. The van der Waals surface area contributed by atoms with Crippen LogP contribution in [0.2, 0.25) is 0 Å². The molecule has 0 radical (unpaired) electrons. The number of aliphatic hydroxyl groups excluding tert-OH is 1. The molecular weight excluding hydrogens is 338 g/mol. The third-order valence-electron chi connectivity index (χ3n) is 2.45. The zero-order valence-electron chi connectivity index (χ0n) is 10.1. The van der Waals surface area contributed by atoms with E-state index in [0.717, 1.165) is 10.0 Å². The lowest BCUT2D eigenvalue weighted by Gasteiger charge is -2.14. The van der Waals surface area contributed by atoms with E-state index in [-0.39, 0.29) is 11.3 Å². The minimum Gasteiger partial charge on any atom is -0.480 e. The molecular formula is C11H14BrNO5S. The molecule has 6 nitrogen and oxygen atoms in total. The minimum atomic E-state index is -3.93. The Morgan fingerprint density at radius 2 is 2.11 bits per heavy atom. The fourth-order valence-corrected chi connectivity index (χ4v) is 2.96. The molecule has 1 rings (SSSR count). The van der Waals surface area contributed by atoms with E-state index in [4.69, 9.17) is 10.2 Å². The number of aliphatic hydroxyl groups is 1. The average molecular weight is 352 g/mol. The van der Waals surface area contributed by atoms with Gasteiger partial charge in [0.25, 0.3) is 0 Å². The molecule has 3 N–H and O–H groups in total. The van der Waals surface area contributed by atoms with E-state index in [0.29, 0.717) is 0 Å². The van der Waals surface area contributed by atoms with Gasteiger partial charge in [-0.1, -0.05) is 15.9 Å². The summed E-state index contributed by atoms with van der Waals surface area (Å²) in [6, 6.07) is 3.03. The third-order valence-corrected chi connectivity index (χ3v) is 4.81. The lowest BCUT2D eigenvalue weighted by molar-refractivity contribution is -0.139. The van der Waals surface area contributed by atoms with Gasteiger partial charge in [0.05, 0.1) is 4.90 Å². The molecule has 1 aromatic carbocycles. The molecule has 1 atom stereocenters. The first kappa shape index (κ1) is 16.1. The van der Waals surface area contributed by atoms with Gasteiger partial charge in [0.2, 0.25) is 10.0 Å². The maximum Gasteiger partial charge on any atom is 0.321 e. The van der Waals surface area contributed by atoms with Crippen LogP contribution in [-0.4, -0.2) is 37.2 Å². The van der Waals surface area contributed by atoms with Crippen molar-refractivity contribution in [2.75, 3.05) is 6.61 Å². The van der Waals surface area contributed by atoms with Gasteiger partial charge >= 0.3 is 5.97 Å². The molecule has 0 saturated heterocycles. The van der Waals surface area contributed by atoms with Gasteiger partial charge in [-0.2, -0.15) is 4.72 Å². The van der Waals surface area contributed by atoms with Crippen LogP contribution in [0.3, 0.4) is 0 Å². The fourth-order valence-electron chi connectivity index (χ4n) is 1.40. The lowest BCUT2D eigenvalue weighted by Crippen LogP contribution is -2.41. The van der Waals surface area contributed by atoms with Gasteiger partial charge in [0.15, 0.2) is 0 Å². The molecule has 0 aliphatic carbocycles. The highest BCUT2D eigenvalue weighted by molar-refractivity contribution is 9.10. The third kappa shape index (κ3) is 4.27. The standard InChI is InChI=1S/C11H14BrNO5S/c1-7-6-8(2-3-9(7)12)19(17,18)13-10(4-5-14)11(15)16/h2-3,6,10,13-14H,4-5H2,1H3,(H,15,16)/t10-/m0/s1. The van der Waals surface area contributed by atoms with Crippen molar-refractivity contribution in [3.05, 3.63) is 28.2 Å². The molecule has 106 valence electrons. The summed E-state index contributed by atoms with van der Waals surface area (Å²) in [6.45, 7) is 1.31. The average Bonchev–Trinajstić information content (AvgIpc) is 2.31. The minimum absolute atomic E-state index is 0.0163. The number of carboxylic acid groups (broad SMARTS) is 1. The number of hydrogen-bond acceptors (Lipinski definition) is 4. The number of rotatable bonds is 6. The molecule has 0 aliphatic heterocycles. The number of halogens is 1. The first-order valence-electron chi connectivity index (χ1n) is 5.40. The normalized spacial score (nSPS) is 13.2. The quantitative estimate of drug-likeness (QED) is 0.705. The van der Waals surface area contributed by atoms with E-state index in [1.807, 2.05) is 0 Å². The smallest absolute Gasteiger partial charge is 0.321 e. The maximum absolute atomic E-state index is 12.0. The molecule has 0 aromatic heterocycles. The van der Waals surface area contributed by atoms with Gasteiger partial charge in [-0.25, -0.2) is 8.42 Å². The molecule has 0 spiro atoms. The predicted octanol–water partition coefficient (Wildman–Crippen LogP) is 0.871. The predicted molar refractivity (Wildman–Crippen MR) is 72.3 cm³/mol. The highest BCUT2D eigenvalue weighted by Crippen LogP contribution is 2.20. The number of carbonyl (C=O) groups is 1. The lowest BCUT2D eigenvalue weighted by atomic mass is 10.2. The van der Waals surface area contributed by atoms with Crippen LogP contribution < -0.4 is 4.72 Å². The van der Waals surface area contributed by atoms with E-state index < -0.39 is 28.6 Å². The Morgan fingerprint density at radius 3 is 2.58 bits per heavy atom. The van der Waals surface area contributed by atoms with Crippen LogP contribution in [-0.2, 0) is 14.8 Å². The highest BCUT2D eigenvalue weighted by atomic mass is 79.9. The SMILES string of the molecule is Cc1cc(S(=O)(=O)N[C@@H](CCO)C(=O)O)ccc1Br. The second kappa shape index (κ2) is 6.47. The summed E-state index contributed by atoms with van der Waals surface area (Å²) in [4.78, 5) is 10.9. The second-order valence-electron chi connectivity index (χ2n) is 3.94. The van der Waals surface area contributed by atoms with Crippen molar-refractivity contribution in [1.29, 1.82) is 0 Å². The summed E-state index contributed by atoms with van der Waals surface area (Å²) in [5.41, 5.74) is 0.719. The summed E-state index contributed by atoms with van der Waals surface area (Å²) in [7, 11) is -3.93. The summed E-state index contributed by atoms with van der Waals surface area (Å²) >= 11 is 3.25. The Bertz CT molecular complexity index is 572. The van der Waals surface area contributed by atoms with Crippen molar-refractivity contribution in [3.8, 4) is 0 Å². The number of benzene rings is 1. The highest BCUT2D eigenvalue weighted by Gasteiger charge is 2.25. The summed E-state index contributed by atoms with van der Waals surface area (Å²) in [6.07, 6.45) is -0.190. The summed E-state index contributed by atoms with van der Waals surface area (Å²) in [5.74, 6) is -1.33. The Morgan fingerprint density at radius 1 is 1.47 bits per heavy atom. The molecule has 19 heavy (non-hydrogen) atoms. The second-order valence-corrected chi connectivity index (χ2v) is 6.50. The fraction of sp³-hybridized carbons (Fsp3) is 0.364. The van der Waals surface area contributed by atoms with Crippen molar-refractivity contribution < 1.29 is 23.4 Å². The Kier molecular flexibility index (Phi) is 5.48. The van der Waals surface area contributed by atoms with Crippen LogP contribution in [0.25, 0.3) is 0 Å². The number of aryl methyl sites for hydroxylation is 1. The van der Waals surface area contributed by atoms with Gasteiger partial charge in [-0.05, 0) is 37.1 Å². The monoisotopic (exact) mass is 351 g/mol. The van der Waals surface area contributed by atoms with Crippen molar-refractivity contribution in [1.82, 2.24) is 4.72 Å². The van der Waals surface area contributed by atoms with Gasteiger partial charge in [0.1, 0.15) is 6.04 Å².